The molecule has 0 bridgehead atoms. The third-order valence-corrected chi connectivity index (χ3v) is 2.33. The number of nitrogens with zero attached hydrogens (tertiary/aromatic N) is 2. The van der Waals surface area contributed by atoms with E-state index in [-0.39, 0.29) is 6.54 Å². The summed E-state index contributed by atoms with van der Waals surface area (Å²) in [5, 5.41) is 2.32. The van der Waals surface area contributed by atoms with E-state index in [1.165, 1.54) is 0 Å². The van der Waals surface area contributed by atoms with Crippen molar-refractivity contribution in [2.75, 3.05) is 32.0 Å². The zero-order chi connectivity index (χ0) is 13.0. The molecular weight excluding hydrogens is 238 g/mol. The maximum Gasteiger partial charge on any atom is 0.253 e. The first-order chi connectivity index (χ1) is 7.97. The maximum atomic E-state index is 13.1. The highest BCUT2D eigenvalue weighted by atomic mass is 19.2. The van der Waals surface area contributed by atoms with E-state index in [2.05, 4.69) is 10.3 Å². The summed E-state index contributed by atoms with van der Waals surface area (Å²) in [5.74, 6) is -6.34. The summed E-state index contributed by atoms with van der Waals surface area (Å²) < 4.78 is 51.7. The Balaban J connectivity index is 2.77. The SMILES string of the molecule is CCN(C)CCNc1c(F)c(F)nc(F)c1F. The van der Waals surface area contributed by atoms with Gasteiger partial charge in [-0.05, 0) is 13.6 Å². The molecule has 0 fully saturated rings. The Labute approximate surface area is 96.4 Å². The molecule has 1 heterocycles. The van der Waals surface area contributed by atoms with Gasteiger partial charge in [0.05, 0.1) is 0 Å². The van der Waals surface area contributed by atoms with Gasteiger partial charge in [0.2, 0.25) is 11.6 Å². The minimum absolute atomic E-state index is 0.168. The molecule has 1 aromatic heterocycles. The van der Waals surface area contributed by atoms with Gasteiger partial charge in [-0.1, -0.05) is 6.92 Å². The van der Waals surface area contributed by atoms with Crippen LogP contribution in [0.4, 0.5) is 23.2 Å². The first-order valence-corrected chi connectivity index (χ1v) is 5.09. The monoisotopic (exact) mass is 251 g/mol. The van der Waals surface area contributed by atoms with Crippen LogP contribution in [0.3, 0.4) is 0 Å². The second kappa shape index (κ2) is 5.81. The lowest BCUT2D eigenvalue weighted by atomic mass is 10.3. The van der Waals surface area contributed by atoms with Gasteiger partial charge in [-0.15, -0.1) is 0 Å². The van der Waals surface area contributed by atoms with Crippen LogP contribution in [-0.4, -0.2) is 36.6 Å². The van der Waals surface area contributed by atoms with Crippen LogP contribution in [-0.2, 0) is 0 Å². The van der Waals surface area contributed by atoms with Crippen LogP contribution in [0.25, 0.3) is 0 Å². The van der Waals surface area contributed by atoms with E-state index in [1.54, 1.807) is 0 Å². The highest BCUT2D eigenvalue weighted by Gasteiger charge is 2.20. The molecule has 1 aromatic rings. The fourth-order valence-corrected chi connectivity index (χ4v) is 1.17. The Kier molecular flexibility index (Phi) is 4.68. The predicted octanol–water partition coefficient (Wildman–Crippen LogP) is 2.00. The zero-order valence-corrected chi connectivity index (χ0v) is 9.53. The minimum atomic E-state index is -1.66. The molecule has 0 aromatic carbocycles. The molecule has 0 spiro atoms. The molecule has 17 heavy (non-hydrogen) atoms. The lowest BCUT2D eigenvalue weighted by Gasteiger charge is -2.15. The molecule has 0 aliphatic rings. The molecule has 1 N–H and O–H groups in total. The van der Waals surface area contributed by atoms with Gasteiger partial charge < -0.3 is 10.2 Å². The van der Waals surface area contributed by atoms with E-state index in [1.807, 2.05) is 18.9 Å². The van der Waals surface area contributed by atoms with Crippen molar-refractivity contribution in [1.82, 2.24) is 9.88 Å². The molecule has 96 valence electrons. The highest BCUT2D eigenvalue weighted by Crippen LogP contribution is 2.21. The predicted molar refractivity (Wildman–Crippen MR) is 55.7 cm³/mol. The molecule has 0 amide bonds. The van der Waals surface area contributed by atoms with Crippen molar-refractivity contribution in [1.29, 1.82) is 0 Å². The lowest BCUT2D eigenvalue weighted by Crippen LogP contribution is -2.25. The van der Waals surface area contributed by atoms with Crippen molar-refractivity contribution in [2.45, 2.75) is 6.92 Å². The van der Waals surface area contributed by atoms with Gasteiger partial charge in [0, 0.05) is 13.1 Å². The summed E-state index contributed by atoms with van der Waals surface area (Å²) in [7, 11) is 1.81. The molecule has 3 nitrogen and oxygen atoms in total. The van der Waals surface area contributed by atoms with Crippen LogP contribution in [0.2, 0.25) is 0 Å². The molecule has 0 saturated heterocycles. The molecule has 0 radical (unpaired) electrons. The van der Waals surface area contributed by atoms with Crippen LogP contribution >= 0.6 is 0 Å². The number of pyridine rings is 1. The zero-order valence-electron chi connectivity index (χ0n) is 9.53. The summed E-state index contributed by atoms with van der Waals surface area (Å²) in [6.45, 7) is 3.32. The molecule has 1 rings (SSSR count). The molecule has 0 saturated carbocycles. The maximum absolute atomic E-state index is 13.1. The van der Waals surface area contributed by atoms with Crippen LogP contribution in [0.1, 0.15) is 6.92 Å². The summed E-state index contributed by atoms with van der Waals surface area (Å²) in [4.78, 5) is 4.33. The van der Waals surface area contributed by atoms with Crippen molar-refractivity contribution in [2.24, 2.45) is 0 Å². The van der Waals surface area contributed by atoms with E-state index < -0.39 is 29.2 Å². The van der Waals surface area contributed by atoms with Gasteiger partial charge in [-0.3, -0.25) is 0 Å². The van der Waals surface area contributed by atoms with Crippen molar-refractivity contribution < 1.29 is 17.6 Å². The van der Waals surface area contributed by atoms with Gasteiger partial charge in [0.25, 0.3) is 11.9 Å². The number of halogens is 4. The Morgan fingerprint density at radius 1 is 1.12 bits per heavy atom. The van der Waals surface area contributed by atoms with Crippen LogP contribution in [0.15, 0.2) is 0 Å². The molecule has 7 heteroatoms. The molecule has 0 atom stereocenters. The average molecular weight is 251 g/mol. The number of nitrogens with one attached hydrogen (secondary N) is 1. The summed E-state index contributed by atoms with van der Waals surface area (Å²) in [6, 6.07) is 0. The Morgan fingerprint density at radius 3 is 2.12 bits per heavy atom. The number of hydrogen-bond donors (Lipinski definition) is 1. The highest BCUT2D eigenvalue weighted by molar-refractivity contribution is 5.45. The van der Waals surface area contributed by atoms with Crippen molar-refractivity contribution >= 4 is 5.69 Å². The van der Waals surface area contributed by atoms with E-state index in [4.69, 9.17) is 0 Å². The topological polar surface area (TPSA) is 28.2 Å². The Morgan fingerprint density at radius 2 is 1.65 bits per heavy atom. The number of aromatic nitrogens is 1. The number of anilines is 1. The van der Waals surface area contributed by atoms with E-state index in [0.29, 0.717) is 6.54 Å². The fraction of sp³-hybridized carbons (Fsp3) is 0.500. The normalized spacial score (nSPS) is 11.0. The molecule has 0 aliphatic heterocycles. The van der Waals surface area contributed by atoms with Gasteiger partial charge in [-0.25, -0.2) is 0 Å². The molecular formula is C10H13F4N3. The third-order valence-electron chi connectivity index (χ3n) is 2.33. The fourth-order valence-electron chi connectivity index (χ4n) is 1.17. The van der Waals surface area contributed by atoms with Gasteiger partial charge in [0.1, 0.15) is 5.69 Å². The number of hydrogen-bond acceptors (Lipinski definition) is 3. The van der Waals surface area contributed by atoms with Gasteiger partial charge >= 0.3 is 0 Å². The second-order valence-electron chi connectivity index (χ2n) is 3.52. The van der Waals surface area contributed by atoms with Crippen molar-refractivity contribution in [3.05, 3.63) is 23.5 Å². The van der Waals surface area contributed by atoms with Crippen LogP contribution in [0.5, 0.6) is 0 Å². The summed E-state index contributed by atoms with van der Waals surface area (Å²) in [6.07, 6.45) is 0. The lowest BCUT2D eigenvalue weighted by molar-refractivity contribution is 0.365. The summed E-state index contributed by atoms with van der Waals surface area (Å²) >= 11 is 0. The average Bonchev–Trinajstić information content (AvgIpc) is 2.30. The standard InChI is InChI=1S/C10H13F4N3/c1-3-17(2)5-4-15-8-6(11)9(13)16-10(14)7(8)12/h3-5H2,1-2H3,(H,15,16). The van der Waals surface area contributed by atoms with Gasteiger partial charge in [-0.2, -0.15) is 22.5 Å². The van der Waals surface area contributed by atoms with Crippen LogP contribution < -0.4 is 5.32 Å². The number of rotatable bonds is 5. The van der Waals surface area contributed by atoms with Crippen molar-refractivity contribution in [3.8, 4) is 0 Å². The Bertz CT molecular complexity index is 371. The van der Waals surface area contributed by atoms with E-state index in [9.17, 15) is 17.6 Å². The first-order valence-electron chi connectivity index (χ1n) is 5.09. The largest absolute Gasteiger partial charge is 0.379 e. The first kappa shape index (κ1) is 13.7. The number of likely N-dealkylation sites (N-methyl/N-ethyl adjacent to an activating group) is 1. The Hall–Kier alpha value is -1.37. The van der Waals surface area contributed by atoms with E-state index >= 15 is 0 Å². The third kappa shape index (κ3) is 3.29. The minimum Gasteiger partial charge on any atom is -0.379 e. The summed E-state index contributed by atoms with van der Waals surface area (Å²) in [5.41, 5.74) is -0.820. The van der Waals surface area contributed by atoms with Gasteiger partial charge in [0.15, 0.2) is 0 Å². The second-order valence-corrected chi connectivity index (χ2v) is 3.52. The quantitative estimate of drug-likeness (QED) is 0.641. The van der Waals surface area contributed by atoms with E-state index in [0.717, 1.165) is 6.54 Å². The molecule has 0 unspecified atom stereocenters. The molecule has 0 aliphatic carbocycles. The smallest absolute Gasteiger partial charge is 0.253 e. The van der Waals surface area contributed by atoms with Crippen LogP contribution in [0, 0.1) is 23.5 Å². The van der Waals surface area contributed by atoms with Crippen molar-refractivity contribution in [3.63, 3.8) is 0 Å².